The number of likely N-dealkylation sites (tertiary alicyclic amines) is 1. The number of nitrogens with zero attached hydrogens (tertiary/aromatic N) is 1. The van der Waals surface area contributed by atoms with Gasteiger partial charge < -0.3 is 15.0 Å². The SMILES string of the molecule is CCOc1cccc(CNC(=O)C2CC3CCCCC3N2C(=O)c2ccccc2)c1. The highest BCUT2D eigenvalue weighted by atomic mass is 16.5. The molecular formula is C25H30N2O3. The summed E-state index contributed by atoms with van der Waals surface area (Å²) >= 11 is 0. The van der Waals surface area contributed by atoms with Gasteiger partial charge in [-0.05, 0) is 61.9 Å². The van der Waals surface area contributed by atoms with E-state index in [9.17, 15) is 9.59 Å². The van der Waals surface area contributed by atoms with Gasteiger partial charge in [-0.15, -0.1) is 0 Å². The van der Waals surface area contributed by atoms with Gasteiger partial charge in [-0.1, -0.05) is 43.2 Å². The molecule has 2 fully saturated rings. The third-order valence-electron chi connectivity index (χ3n) is 6.32. The average Bonchev–Trinajstić information content (AvgIpc) is 3.18. The van der Waals surface area contributed by atoms with E-state index in [1.807, 2.05) is 66.4 Å². The molecule has 2 amide bonds. The molecule has 2 aromatic carbocycles. The summed E-state index contributed by atoms with van der Waals surface area (Å²) in [5.74, 6) is 1.14. The Bertz CT molecular complexity index is 883. The molecule has 4 rings (SSSR count). The molecule has 158 valence electrons. The van der Waals surface area contributed by atoms with Crippen molar-refractivity contribution in [2.75, 3.05) is 6.61 Å². The predicted octanol–water partition coefficient (Wildman–Crippen LogP) is 4.18. The third kappa shape index (κ3) is 4.35. The Kier molecular flexibility index (Phi) is 6.36. The smallest absolute Gasteiger partial charge is 0.254 e. The van der Waals surface area contributed by atoms with Crippen molar-refractivity contribution < 1.29 is 14.3 Å². The van der Waals surface area contributed by atoms with Gasteiger partial charge in [-0.25, -0.2) is 0 Å². The Morgan fingerprint density at radius 2 is 1.87 bits per heavy atom. The summed E-state index contributed by atoms with van der Waals surface area (Å²) in [6.45, 7) is 2.99. The minimum absolute atomic E-state index is 0.0245. The molecule has 0 bridgehead atoms. The van der Waals surface area contributed by atoms with E-state index in [0.717, 1.165) is 37.0 Å². The molecule has 1 aliphatic heterocycles. The molecule has 1 aliphatic carbocycles. The molecule has 3 unspecified atom stereocenters. The number of hydrogen-bond acceptors (Lipinski definition) is 3. The zero-order chi connectivity index (χ0) is 20.9. The lowest BCUT2D eigenvalue weighted by molar-refractivity contribution is -0.125. The van der Waals surface area contributed by atoms with Gasteiger partial charge in [0.25, 0.3) is 5.91 Å². The zero-order valence-corrected chi connectivity index (χ0v) is 17.5. The minimum atomic E-state index is -0.402. The predicted molar refractivity (Wildman–Crippen MR) is 116 cm³/mol. The Labute approximate surface area is 178 Å². The second kappa shape index (κ2) is 9.33. The molecule has 5 heteroatoms. The van der Waals surface area contributed by atoms with Crippen LogP contribution in [0.3, 0.4) is 0 Å². The van der Waals surface area contributed by atoms with E-state index < -0.39 is 6.04 Å². The van der Waals surface area contributed by atoms with Gasteiger partial charge in [0, 0.05) is 18.2 Å². The highest BCUT2D eigenvalue weighted by Gasteiger charge is 2.47. The fourth-order valence-electron chi connectivity index (χ4n) is 4.93. The number of carbonyl (C=O) groups is 2. The molecule has 1 saturated carbocycles. The number of hydrogen-bond donors (Lipinski definition) is 1. The van der Waals surface area contributed by atoms with Crippen molar-refractivity contribution in [3.05, 3.63) is 65.7 Å². The summed E-state index contributed by atoms with van der Waals surface area (Å²) in [5, 5.41) is 3.07. The van der Waals surface area contributed by atoms with Crippen molar-refractivity contribution in [1.82, 2.24) is 10.2 Å². The normalized spacial score (nSPS) is 23.0. The first-order valence-electron chi connectivity index (χ1n) is 11.0. The molecule has 0 aromatic heterocycles. The van der Waals surface area contributed by atoms with Crippen LogP contribution in [0.15, 0.2) is 54.6 Å². The lowest BCUT2D eigenvalue weighted by Crippen LogP contribution is -2.49. The van der Waals surface area contributed by atoms with E-state index in [2.05, 4.69) is 5.32 Å². The number of rotatable bonds is 6. The number of benzene rings is 2. The van der Waals surface area contributed by atoms with Gasteiger partial charge in [-0.3, -0.25) is 9.59 Å². The highest BCUT2D eigenvalue weighted by molar-refractivity contribution is 5.98. The van der Waals surface area contributed by atoms with Gasteiger partial charge >= 0.3 is 0 Å². The van der Waals surface area contributed by atoms with Crippen molar-refractivity contribution in [2.24, 2.45) is 5.92 Å². The molecule has 2 aromatic rings. The van der Waals surface area contributed by atoms with Crippen LogP contribution >= 0.6 is 0 Å². The standard InChI is InChI=1S/C25H30N2O3/c1-2-30-21-13-8-9-18(15-21)17-26-24(28)23-16-20-12-6-7-14-22(20)27(23)25(29)19-10-4-3-5-11-19/h3-5,8-11,13,15,20,22-23H,2,6-7,12,14,16-17H2,1H3,(H,26,28). The van der Waals surface area contributed by atoms with Crippen LogP contribution < -0.4 is 10.1 Å². The maximum absolute atomic E-state index is 13.3. The Hall–Kier alpha value is -2.82. The van der Waals surface area contributed by atoms with Crippen LogP contribution in [0.1, 0.15) is 54.9 Å². The van der Waals surface area contributed by atoms with Gasteiger partial charge in [0.1, 0.15) is 11.8 Å². The number of fused-ring (bicyclic) bond motifs is 1. The average molecular weight is 407 g/mol. The molecule has 1 saturated heterocycles. The van der Waals surface area contributed by atoms with E-state index in [-0.39, 0.29) is 17.9 Å². The van der Waals surface area contributed by atoms with Crippen molar-refractivity contribution in [1.29, 1.82) is 0 Å². The van der Waals surface area contributed by atoms with Crippen LogP contribution in [0.4, 0.5) is 0 Å². The molecule has 30 heavy (non-hydrogen) atoms. The largest absolute Gasteiger partial charge is 0.494 e. The number of ether oxygens (including phenoxy) is 1. The first-order chi connectivity index (χ1) is 14.7. The van der Waals surface area contributed by atoms with Crippen molar-refractivity contribution in [3.63, 3.8) is 0 Å². The monoisotopic (exact) mass is 406 g/mol. The van der Waals surface area contributed by atoms with E-state index >= 15 is 0 Å². The minimum Gasteiger partial charge on any atom is -0.494 e. The summed E-state index contributed by atoms with van der Waals surface area (Å²) in [6.07, 6.45) is 5.16. The van der Waals surface area contributed by atoms with Crippen LogP contribution in [-0.2, 0) is 11.3 Å². The summed E-state index contributed by atoms with van der Waals surface area (Å²) in [7, 11) is 0. The van der Waals surface area contributed by atoms with Gasteiger partial charge in [0.15, 0.2) is 0 Å². The molecular weight excluding hydrogens is 376 g/mol. The molecule has 1 N–H and O–H groups in total. The summed E-state index contributed by atoms with van der Waals surface area (Å²) in [6, 6.07) is 16.9. The Morgan fingerprint density at radius 1 is 1.07 bits per heavy atom. The quantitative estimate of drug-likeness (QED) is 0.783. The van der Waals surface area contributed by atoms with E-state index in [1.54, 1.807) is 0 Å². The first kappa shape index (κ1) is 20.5. The summed E-state index contributed by atoms with van der Waals surface area (Å²) in [4.78, 5) is 28.4. The molecule has 0 spiro atoms. The van der Waals surface area contributed by atoms with Crippen LogP contribution in [0.25, 0.3) is 0 Å². The van der Waals surface area contributed by atoms with E-state index in [4.69, 9.17) is 4.74 Å². The molecule has 5 nitrogen and oxygen atoms in total. The molecule has 3 atom stereocenters. The van der Waals surface area contributed by atoms with Crippen LogP contribution in [-0.4, -0.2) is 35.4 Å². The van der Waals surface area contributed by atoms with E-state index in [0.29, 0.717) is 24.6 Å². The van der Waals surface area contributed by atoms with Crippen LogP contribution in [0.5, 0.6) is 5.75 Å². The maximum Gasteiger partial charge on any atom is 0.254 e. The molecule has 2 aliphatic rings. The summed E-state index contributed by atoms with van der Waals surface area (Å²) in [5.41, 5.74) is 1.65. The number of nitrogens with one attached hydrogen (secondary N) is 1. The van der Waals surface area contributed by atoms with Gasteiger partial charge in [0.2, 0.25) is 5.91 Å². The van der Waals surface area contributed by atoms with Gasteiger partial charge in [-0.2, -0.15) is 0 Å². The van der Waals surface area contributed by atoms with Crippen molar-refractivity contribution in [2.45, 2.75) is 57.7 Å². The number of amides is 2. The maximum atomic E-state index is 13.3. The second-order valence-electron chi connectivity index (χ2n) is 8.24. The van der Waals surface area contributed by atoms with Gasteiger partial charge in [0.05, 0.1) is 6.61 Å². The van der Waals surface area contributed by atoms with Crippen molar-refractivity contribution >= 4 is 11.8 Å². The zero-order valence-electron chi connectivity index (χ0n) is 17.5. The third-order valence-corrected chi connectivity index (χ3v) is 6.32. The Balaban J connectivity index is 1.49. The fourth-order valence-corrected chi connectivity index (χ4v) is 4.93. The second-order valence-corrected chi connectivity index (χ2v) is 8.24. The lowest BCUT2D eigenvalue weighted by atomic mass is 9.84. The van der Waals surface area contributed by atoms with Crippen LogP contribution in [0, 0.1) is 5.92 Å². The topological polar surface area (TPSA) is 58.6 Å². The summed E-state index contributed by atoms with van der Waals surface area (Å²) < 4.78 is 5.55. The fraction of sp³-hybridized carbons (Fsp3) is 0.440. The Morgan fingerprint density at radius 3 is 2.67 bits per heavy atom. The van der Waals surface area contributed by atoms with E-state index in [1.165, 1.54) is 6.42 Å². The molecule has 0 radical (unpaired) electrons. The highest BCUT2D eigenvalue weighted by Crippen LogP contribution is 2.40. The molecule has 1 heterocycles. The first-order valence-corrected chi connectivity index (χ1v) is 11.0. The van der Waals surface area contributed by atoms with Crippen LogP contribution in [0.2, 0.25) is 0 Å². The van der Waals surface area contributed by atoms with Crippen molar-refractivity contribution in [3.8, 4) is 5.75 Å². The number of carbonyl (C=O) groups excluding carboxylic acids is 2. The lowest BCUT2D eigenvalue weighted by Gasteiger charge is -2.33.